The van der Waals surface area contributed by atoms with Gasteiger partial charge in [-0.3, -0.25) is 6.08 Å². The average Bonchev–Trinajstić information content (AvgIpc) is 2.71. The monoisotopic (exact) mass is 450 g/mol. The van der Waals surface area contributed by atoms with Crippen molar-refractivity contribution in [3.63, 3.8) is 0 Å². The van der Waals surface area contributed by atoms with Crippen LogP contribution in [0.1, 0.15) is 48.0 Å². The Morgan fingerprint density at radius 3 is 1.88 bits per heavy atom. The van der Waals surface area contributed by atoms with Crippen LogP contribution in [-0.4, -0.2) is 8.07 Å². The summed E-state index contributed by atoms with van der Waals surface area (Å²) in [6, 6.07) is 11.2. The Labute approximate surface area is 189 Å². The van der Waals surface area contributed by atoms with Gasteiger partial charge in [-0.15, -0.1) is 6.92 Å². The first-order valence-corrected chi connectivity index (χ1v) is 10.7. The number of halogens is 3. The standard InChI is InChI=1S/C20H29Si.3ClH.Ti/c1-8-16(3)21(7,19-12-10-9-11-13-19)20(6)14-15(2)17(4)18(20)5;;;;/h9-13,16H,8H2,1-7H3;3*1H;/q-1;;;;+4/p-3. The van der Waals surface area contributed by atoms with Crippen LogP contribution in [-0.2, 0) is 21.7 Å². The molecule has 0 fully saturated rings. The smallest absolute Gasteiger partial charge is 1.00 e. The van der Waals surface area contributed by atoms with E-state index in [4.69, 9.17) is 0 Å². The van der Waals surface area contributed by atoms with E-state index in [1.165, 1.54) is 17.6 Å². The summed E-state index contributed by atoms with van der Waals surface area (Å²) in [4.78, 5) is 0. The van der Waals surface area contributed by atoms with Gasteiger partial charge in [0.05, 0.1) is 8.07 Å². The number of hydrogen-bond acceptors (Lipinski definition) is 0. The second kappa shape index (κ2) is 11.4. The van der Waals surface area contributed by atoms with Crippen molar-refractivity contribution < 1.29 is 58.9 Å². The Bertz CT molecular complexity index is 600. The van der Waals surface area contributed by atoms with Crippen LogP contribution in [0.3, 0.4) is 0 Å². The van der Waals surface area contributed by atoms with Gasteiger partial charge in [0.15, 0.2) is 0 Å². The van der Waals surface area contributed by atoms with E-state index in [0.717, 1.165) is 5.54 Å². The van der Waals surface area contributed by atoms with Crippen LogP contribution in [0, 0.1) is 6.08 Å². The maximum Gasteiger partial charge on any atom is 4.00 e. The van der Waals surface area contributed by atoms with Gasteiger partial charge in [-0.2, -0.15) is 11.1 Å². The Morgan fingerprint density at radius 1 is 1.04 bits per heavy atom. The summed E-state index contributed by atoms with van der Waals surface area (Å²) in [5, 5.41) is 1.68. The Hall–Kier alpha value is 0.501. The number of rotatable bonds is 4. The third-order valence-electron chi connectivity index (χ3n) is 6.32. The van der Waals surface area contributed by atoms with Crippen molar-refractivity contribution in [1.29, 1.82) is 0 Å². The van der Waals surface area contributed by atoms with E-state index < -0.39 is 8.07 Å². The first-order chi connectivity index (χ1) is 9.79. The Kier molecular flexibility index (Phi) is 13.7. The zero-order valence-corrected chi connectivity index (χ0v) is 21.1. The summed E-state index contributed by atoms with van der Waals surface area (Å²) < 4.78 is 0. The average molecular weight is 452 g/mol. The zero-order chi connectivity index (χ0) is 15.8. The maximum absolute atomic E-state index is 3.89. The Balaban J connectivity index is -0.00000121. The van der Waals surface area contributed by atoms with Gasteiger partial charge >= 0.3 is 21.7 Å². The molecule has 3 atom stereocenters. The van der Waals surface area contributed by atoms with Crippen molar-refractivity contribution in [3.8, 4) is 0 Å². The van der Waals surface area contributed by atoms with E-state index in [-0.39, 0.29) is 64.0 Å². The van der Waals surface area contributed by atoms with Gasteiger partial charge in [0.25, 0.3) is 0 Å². The van der Waals surface area contributed by atoms with Crippen molar-refractivity contribution >= 4 is 13.3 Å². The Morgan fingerprint density at radius 2 is 1.52 bits per heavy atom. The van der Waals surface area contributed by atoms with Crippen molar-refractivity contribution in [3.05, 3.63) is 53.1 Å². The summed E-state index contributed by atoms with van der Waals surface area (Å²) in [7, 11) is -1.76. The van der Waals surface area contributed by atoms with Gasteiger partial charge in [-0.25, -0.2) is 5.57 Å². The molecule has 1 aromatic carbocycles. The molecule has 25 heavy (non-hydrogen) atoms. The molecule has 0 saturated carbocycles. The van der Waals surface area contributed by atoms with Crippen molar-refractivity contribution in [1.82, 2.24) is 0 Å². The number of hydrogen-bond donors (Lipinski definition) is 0. The van der Waals surface area contributed by atoms with E-state index in [9.17, 15) is 0 Å². The van der Waals surface area contributed by atoms with Gasteiger partial charge < -0.3 is 37.2 Å². The van der Waals surface area contributed by atoms with Gasteiger partial charge in [-0.05, 0) is 5.54 Å². The normalized spacial score (nSPS) is 22.3. The van der Waals surface area contributed by atoms with Crippen molar-refractivity contribution in [2.24, 2.45) is 0 Å². The van der Waals surface area contributed by atoms with Gasteiger partial charge in [0, 0.05) is 0 Å². The molecule has 1 aromatic rings. The fourth-order valence-electron chi connectivity index (χ4n) is 4.00. The molecule has 0 bridgehead atoms. The van der Waals surface area contributed by atoms with Crippen molar-refractivity contribution in [2.45, 2.75) is 65.1 Å². The van der Waals surface area contributed by atoms with E-state index >= 15 is 0 Å². The van der Waals surface area contributed by atoms with Crippen LogP contribution >= 0.6 is 0 Å². The fourth-order valence-corrected chi connectivity index (χ4v) is 9.24. The molecule has 3 unspecified atom stereocenters. The minimum atomic E-state index is -1.76. The molecule has 0 amide bonds. The van der Waals surface area contributed by atoms with Crippen molar-refractivity contribution in [2.75, 3.05) is 0 Å². The van der Waals surface area contributed by atoms with Crippen LogP contribution in [0.4, 0.5) is 0 Å². The molecular formula is C20H29Cl3SiTi. The predicted octanol–water partition coefficient (Wildman–Crippen LogP) is -3.36. The molecule has 0 spiro atoms. The van der Waals surface area contributed by atoms with E-state index in [2.05, 4.69) is 84.5 Å². The summed E-state index contributed by atoms with van der Waals surface area (Å²) in [6.45, 7) is 16.6. The molecule has 0 N–H and O–H groups in total. The molecule has 0 heterocycles. The fraction of sp³-hybridized carbons (Fsp3) is 0.500. The van der Waals surface area contributed by atoms with Gasteiger partial charge in [0.2, 0.25) is 0 Å². The topological polar surface area (TPSA) is 0 Å². The first kappa shape index (κ1) is 30.2. The third kappa shape index (κ3) is 4.86. The number of allylic oxidation sites excluding steroid dienone is 4. The SMILES string of the molecule is CCC(C)[Si](C)(c1ccccc1)C1(C)[C-]=C(C)C(C)=C1C.[Cl-].[Cl-].[Cl-].[Ti+4]. The summed E-state index contributed by atoms with van der Waals surface area (Å²) >= 11 is 0. The maximum atomic E-state index is 3.89. The van der Waals surface area contributed by atoms with Crippen LogP contribution in [0.25, 0.3) is 0 Å². The molecule has 2 rings (SSSR count). The molecule has 0 saturated heterocycles. The molecule has 5 heteroatoms. The summed E-state index contributed by atoms with van der Waals surface area (Å²) in [5.74, 6) is 0. The van der Waals surface area contributed by atoms with Crippen LogP contribution in [0.15, 0.2) is 47.1 Å². The van der Waals surface area contributed by atoms with Crippen LogP contribution in [0.5, 0.6) is 0 Å². The van der Waals surface area contributed by atoms with Crippen LogP contribution in [0.2, 0.25) is 17.1 Å². The van der Waals surface area contributed by atoms with E-state index in [1.807, 2.05) is 0 Å². The quantitative estimate of drug-likeness (QED) is 0.331. The zero-order valence-electron chi connectivity index (χ0n) is 16.3. The minimum Gasteiger partial charge on any atom is -1.00 e. The molecule has 1 aliphatic carbocycles. The molecule has 0 radical (unpaired) electrons. The summed E-state index contributed by atoms with van der Waals surface area (Å²) in [6.07, 6.45) is 5.12. The van der Waals surface area contributed by atoms with Crippen LogP contribution < -0.4 is 42.4 Å². The van der Waals surface area contributed by atoms with Gasteiger partial charge in [0.1, 0.15) is 0 Å². The molecular weight excluding hydrogens is 423 g/mol. The summed E-state index contributed by atoms with van der Waals surface area (Å²) in [5.41, 5.74) is 5.08. The molecule has 0 aromatic heterocycles. The van der Waals surface area contributed by atoms with E-state index in [1.54, 1.807) is 10.8 Å². The number of benzene rings is 1. The molecule has 1 aliphatic rings. The minimum absolute atomic E-state index is 0. The largest absolute Gasteiger partial charge is 4.00 e. The second-order valence-electron chi connectivity index (χ2n) is 7.00. The second-order valence-corrected chi connectivity index (χ2v) is 12.0. The molecule has 0 nitrogen and oxygen atoms in total. The molecule has 0 aliphatic heterocycles. The third-order valence-corrected chi connectivity index (χ3v) is 12.8. The van der Waals surface area contributed by atoms with E-state index in [0.29, 0.717) is 0 Å². The first-order valence-electron chi connectivity index (χ1n) is 8.14. The predicted molar refractivity (Wildman–Crippen MR) is 96.6 cm³/mol. The van der Waals surface area contributed by atoms with Gasteiger partial charge in [-0.1, -0.05) is 88.1 Å². The molecule has 138 valence electrons.